The second kappa shape index (κ2) is 7.56. The molecule has 0 unspecified atom stereocenters. The molecule has 7 heteroatoms. The molecule has 0 aliphatic carbocycles. The minimum absolute atomic E-state index is 0.643. The fourth-order valence-electron chi connectivity index (χ4n) is 3.02. The number of hydrogen-bond donors (Lipinski definition) is 1. The molecule has 0 aliphatic heterocycles. The van der Waals surface area contributed by atoms with E-state index in [1.807, 2.05) is 61.1 Å². The van der Waals surface area contributed by atoms with E-state index in [2.05, 4.69) is 32.5 Å². The first kappa shape index (κ1) is 17.8. The largest absolute Gasteiger partial charge is 0.495 e. The molecule has 2 heterocycles. The average molecular weight is 374 g/mol. The van der Waals surface area contributed by atoms with E-state index in [-0.39, 0.29) is 0 Å². The molecule has 0 atom stereocenters. The maximum atomic E-state index is 5.59. The number of nitrogens with one attached hydrogen (secondary N) is 1. The van der Waals surface area contributed by atoms with Crippen LogP contribution in [-0.2, 0) is 13.6 Å². The first-order chi connectivity index (χ1) is 13.6. The van der Waals surface area contributed by atoms with Gasteiger partial charge in [0.15, 0.2) is 5.82 Å². The Morgan fingerprint density at radius 1 is 1.11 bits per heavy atom. The van der Waals surface area contributed by atoms with E-state index in [1.54, 1.807) is 18.1 Å². The van der Waals surface area contributed by atoms with Gasteiger partial charge in [-0.25, -0.2) is 9.67 Å². The quantitative estimate of drug-likeness (QED) is 0.558. The second-order valence-corrected chi connectivity index (χ2v) is 6.53. The summed E-state index contributed by atoms with van der Waals surface area (Å²) in [7, 11) is 3.54. The van der Waals surface area contributed by atoms with Gasteiger partial charge in [0.05, 0.1) is 24.8 Å². The number of benzene rings is 2. The number of nitrogens with zero attached hydrogens (tertiary/aromatic N) is 5. The van der Waals surface area contributed by atoms with Gasteiger partial charge in [-0.2, -0.15) is 4.98 Å². The third-order valence-corrected chi connectivity index (χ3v) is 4.48. The van der Waals surface area contributed by atoms with E-state index in [0.717, 1.165) is 22.7 Å². The lowest BCUT2D eigenvalue weighted by Gasteiger charge is -2.10. The second-order valence-electron chi connectivity index (χ2n) is 6.53. The molecule has 0 saturated heterocycles. The van der Waals surface area contributed by atoms with Gasteiger partial charge in [0, 0.05) is 25.4 Å². The molecule has 1 N–H and O–H groups in total. The van der Waals surface area contributed by atoms with Crippen LogP contribution in [0.2, 0.25) is 0 Å². The average Bonchev–Trinajstić information content (AvgIpc) is 3.32. The Morgan fingerprint density at radius 2 is 1.93 bits per heavy atom. The molecule has 0 radical (unpaired) electrons. The summed E-state index contributed by atoms with van der Waals surface area (Å²) in [5, 5.41) is 7.88. The van der Waals surface area contributed by atoms with Gasteiger partial charge < -0.3 is 14.6 Å². The van der Waals surface area contributed by atoms with Crippen molar-refractivity contribution in [1.29, 1.82) is 0 Å². The van der Waals surface area contributed by atoms with Crippen LogP contribution in [0.4, 0.5) is 5.95 Å². The zero-order valence-electron chi connectivity index (χ0n) is 16.1. The molecule has 7 nitrogen and oxygen atoms in total. The minimum atomic E-state index is 0.643. The molecule has 28 heavy (non-hydrogen) atoms. The zero-order valence-corrected chi connectivity index (χ0v) is 16.1. The van der Waals surface area contributed by atoms with Crippen LogP contribution in [-0.4, -0.2) is 31.4 Å². The highest BCUT2D eigenvalue weighted by Gasteiger charge is 2.13. The molecule has 142 valence electrons. The lowest BCUT2D eigenvalue weighted by Crippen LogP contribution is -2.05. The van der Waals surface area contributed by atoms with E-state index in [9.17, 15) is 0 Å². The molecule has 0 aliphatic rings. The van der Waals surface area contributed by atoms with Gasteiger partial charge in [-0.3, -0.25) is 0 Å². The summed E-state index contributed by atoms with van der Waals surface area (Å²) in [6.07, 6.45) is 3.74. The smallest absolute Gasteiger partial charge is 0.221 e. The minimum Gasteiger partial charge on any atom is -0.495 e. The number of anilines is 1. The summed E-state index contributed by atoms with van der Waals surface area (Å²) in [4.78, 5) is 8.92. The van der Waals surface area contributed by atoms with E-state index < -0.39 is 0 Å². The van der Waals surface area contributed by atoms with Crippen molar-refractivity contribution in [3.63, 3.8) is 0 Å². The van der Waals surface area contributed by atoms with Gasteiger partial charge in [0.2, 0.25) is 5.95 Å². The van der Waals surface area contributed by atoms with E-state index >= 15 is 0 Å². The Labute approximate surface area is 163 Å². The molecule has 4 rings (SSSR count). The van der Waals surface area contributed by atoms with Crippen LogP contribution < -0.4 is 10.1 Å². The standard InChI is InChI=1S/C21H22N6O/c1-15-13-27(14-23-15)18-10-9-17(11-19(18)28-3)20-24-21(26(2)25-20)22-12-16-7-5-4-6-8-16/h4-11,13-14H,12H2,1-3H3,(H,22,24,25). The molecular formula is C21H22N6O. The Hall–Kier alpha value is -3.61. The molecule has 0 spiro atoms. The summed E-state index contributed by atoms with van der Waals surface area (Å²) >= 11 is 0. The van der Waals surface area contributed by atoms with Gasteiger partial charge >= 0.3 is 0 Å². The Kier molecular flexibility index (Phi) is 4.80. The fourth-order valence-corrected chi connectivity index (χ4v) is 3.02. The highest BCUT2D eigenvalue weighted by molar-refractivity contribution is 5.63. The molecule has 4 aromatic rings. The van der Waals surface area contributed by atoms with Crippen LogP contribution in [0.1, 0.15) is 11.3 Å². The van der Waals surface area contributed by atoms with Crippen molar-refractivity contribution in [3.8, 4) is 22.8 Å². The number of hydrogen-bond acceptors (Lipinski definition) is 5. The van der Waals surface area contributed by atoms with Crippen molar-refractivity contribution in [2.24, 2.45) is 7.05 Å². The van der Waals surface area contributed by atoms with Gasteiger partial charge in [0.1, 0.15) is 5.75 Å². The number of rotatable bonds is 6. The number of imidazole rings is 1. The summed E-state index contributed by atoms with van der Waals surface area (Å²) in [5.74, 6) is 2.10. The van der Waals surface area contributed by atoms with Crippen molar-refractivity contribution in [2.45, 2.75) is 13.5 Å². The van der Waals surface area contributed by atoms with Crippen LogP contribution in [0.5, 0.6) is 5.75 Å². The van der Waals surface area contributed by atoms with Gasteiger partial charge in [-0.1, -0.05) is 30.3 Å². The maximum absolute atomic E-state index is 5.59. The first-order valence-electron chi connectivity index (χ1n) is 9.02. The van der Waals surface area contributed by atoms with Crippen LogP contribution in [0.3, 0.4) is 0 Å². The van der Waals surface area contributed by atoms with Crippen LogP contribution in [0.25, 0.3) is 17.1 Å². The van der Waals surface area contributed by atoms with Gasteiger partial charge in [-0.05, 0) is 30.7 Å². The highest BCUT2D eigenvalue weighted by atomic mass is 16.5. The molecule has 2 aromatic heterocycles. The van der Waals surface area contributed by atoms with Crippen molar-refractivity contribution < 1.29 is 4.74 Å². The van der Waals surface area contributed by atoms with Gasteiger partial charge in [-0.15, -0.1) is 5.10 Å². The fraction of sp³-hybridized carbons (Fsp3) is 0.190. The number of ether oxygens (including phenoxy) is 1. The summed E-state index contributed by atoms with van der Waals surface area (Å²) in [6, 6.07) is 16.1. The number of aryl methyl sites for hydroxylation is 2. The number of aromatic nitrogens is 5. The van der Waals surface area contributed by atoms with Crippen LogP contribution in [0.15, 0.2) is 61.1 Å². The molecule has 0 saturated carbocycles. The predicted molar refractivity (Wildman–Crippen MR) is 109 cm³/mol. The molecule has 2 aromatic carbocycles. The first-order valence-corrected chi connectivity index (χ1v) is 9.02. The van der Waals surface area contributed by atoms with E-state index in [1.165, 1.54) is 5.56 Å². The SMILES string of the molecule is COc1cc(-c2nc(NCc3ccccc3)n(C)n2)ccc1-n1cnc(C)c1. The normalized spacial score (nSPS) is 10.8. The summed E-state index contributed by atoms with van der Waals surface area (Å²) < 4.78 is 9.28. The monoisotopic (exact) mass is 374 g/mol. The highest BCUT2D eigenvalue weighted by Crippen LogP contribution is 2.29. The molecule has 0 bridgehead atoms. The summed E-state index contributed by atoms with van der Waals surface area (Å²) in [6.45, 7) is 2.65. The van der Waals surface area contributed by atoms with Crippen LogP contribution >= 0.6 is 0 Å². The number of methoxy groups -OCH3 is 1. The summed E-state index contributed by atoms with van der Waals surface area (Å²) in [5.41, 5.74) is 3.95. The topological polar surface area (TPSA) is 69.8 Å². The van der Waals surface area contributed by atoms with Crippen molar-refractivity contribution in [3.05, 3.63) is 72.3 Å². The van der Waals surface area contributed by atoms with E-state index in [0.29, 0.717) is 18.3 Å². The van der Waals surface area contributed by atoms with Crippen molar-refractivity contribution in [2.75, 3.05) is 12.4 Å². The lowest BCUT2D eigenvalue weighted by molar-refractivity contribution is 0.413. The third-order valence-electron chi connectivity index (χ3n) is 4.48. The zero-order chi connectivity index (χ0) is 19.5. The molecule has 0 amide bonds. The molecule has 0 fully saturated rings. The van der Waals surface area contributed by atoms with E-state index in [4.69, 9.17) is 4.74 Å². The van der Waals surface area contributed by atoms with Crippen molar-refractivity contribution in [1.82, 2.24) is 24.3 Å². The van der Waals surface area contributed by atoms with Gasteiger partial charge in [0.25, 0.3) is 0 Å². The maximum Gasteiger partial charge on any atom is 0.221 e. The Morgan fingerprint density at radius 3 is 2.64 bits per heavy atom. The third kappa shape index (κ3) is 3.59. The Bertz CT molecular complexity index is 1080. The Balaban J connectivity index is 1.59. The lowest BCUT2D eigenvalue weighted by atomic mass is 10.1. The van der Waals surface area contributed by atoms with Crippen molar-refractivity contribution >= 4 is 5.95 Å². The predicted octanol–water partition coefficient (Wildman–Crippen LogP) is 3.60. The van der Waals surface area contributed by atoms with Crippen LogP contribution in [0, 0.1) is 6.92 Å². The molecular weight excluding hydrogens is 352 g/mol.